The largest absolute Gasteiger partial charge is 0.347 e. The monoisotopic (exact) mass is 272 g/mol. The highest BCUT2D eigenvalue weighted by molar-refractivity contribution is 5.95. The molecule has 0 unspecified atom stereocenters. The van der Waals surface area contributed by atoms with E-state index in [0.717, 1.165) is 24.0 Å². The van der Waals surface area contributed by atoms with Gasteiger partial charge in [-0.3, -0.25) is 4.79 Å². The molecule has 0 fully saturated rings. The Morgan fingerprint density at radius 1 is 1.40 bits per heavy atom. The molecule has 1 aromatic rings. The van der Waals surface area contributed by atoms with Crippen LogP contribution in [-0.2, 0) is 0 Å². The van der Waals surface area contributed by atoms with E-state index in [0.29, 0.717) is 12.1 Å². The summed E-state index contributed by atoms with van der Waals surface area (Å²) in [7, 11) is 0. The molecule has 0 aromatic heterocycles. The van der Waals surface area contributed by atoms with Crippen molar-refractivity contribution in [3.63, 3.8) is 0 Å². The number of nitrogens with two attached hydrogens (primary N) is 1. The number of rotatable bonds is 4. The summed E-state index contributed by atoms with van der Waals surface area (Å²) in [5.74, 6) is 5.79. The summed E-state index contributed by atoms with van der Waals surface area (Å²) in [6.45, 7) is 8.50. The first-order valence-electron chi connectivity index (χ1n) is 7.01. The van der Waals surface area contributed by atoms with Crippen LogP contribution in [0.1, 0.15) is 55.1 Å². The summed E-state index contributed by atoms with van der Waals surface area (Å²) in [6, 6.07) is 5.56. The smallest absolute Gasteiger partial charge is 0.251 e. The standard InChI is InChI=1S/C17H24N2O/c1-5-10-17(3,4)19-16(20)15-9-8-14(7-6-11-18)13(2)12-15/h8-9,12H,5,10-11,18H2,1-4H3,(H,19,20). The number of carbonyl (C=O) groups is 1. The Morgan fingerprint density at radius 3 is 2.65 bits per heavy atom. The van der Waals surface area contributed by atoms with Crippen LogP contribution in [0.2, 0.25) is 0 Å². The van der Waals surface area contributed by atoms with Crippen molar-refractivity contribution in [1.82, 2.24) is 5.32 Å². The maximum absolute atomic E-state index is 12.2. The number of benzene rings is 1. The van der Waals surface area contributed by atoms with Gasteiger partial charge in [0.25, 0.3) is 5.91 Å². The lowest BCUT2D eigenvalue weighted by molar-refractivity contribution is 0.0909. The minimum Gasteiger partial charge on any atom is -0.347 e. The van der Waals surface area contributed by atoms with E-state index in [9.17, 15) is 4.79 Å². The summed E-state index contributed by atoms with van der Waals surface area (Å²) < 4.78 is 0. The lowest BCUT2D eigenvalue weighted by Gasteiger charge is -2.25. The van der Waals surface area contributed by atoms with Crippen LogP contribution < -0.4 is 11.1 Å². The van der Waals surface area contributed by atoms with Crippen molar-refractivity contribution < 1.29 is 4.79 Å². The summed E-state index contributed by atoms with van der Waals surface area (Å²) in [4.78, 5) is 12.2. The molecular formula is C17H24N2O. The average molecular weight is 272 g/mol. The lowest BCUT2D eigenvalue weighted by atomic mass is 9.97. The van der Waals surface area contributed by atoms with Gasteiger partial charge in [-0.15, -0.1) is 0 Å². The van der Waals surface area contributed by atoms with E-state index in [2.05, 4.69) is 24.1 Å². The number of amides is 1. The van der Waals surface area contributed by atoms with Gasteiger partial charge in [0.1, 0.15) is 0 Å². The fraction of sp³-hybridized carbons (Fsp3) is 0.471. The van der Waals surface area contributed by atoms with Crippen molar-refractivity contribution in [2.75, 3.05) is 6.54 Å². The van der Waals surface area contributed by atoms with E-state index in [4.69, 9.17) is 5.73 Å². The quantitative estimate of drug-likeness (QED) is 0.828. The third-order valence-electron chi connectivity index (χ3n) is 3.14. The molecule has 0 saturated heterocycles. The molecule has 0 radical (unpaired) electrons. The zero-order chi connectivity index (χ0) is 15.2. The molecule has 0 atom stereocenters. The van der Waals surface area contributed by atoms with E-state index in [1.54, 1.807) is 0 Å². The molecule has 20 heavy (non-hydrogen) atoms. The number of hydrogen-bond donors (Lipinski definition) is 2. The molecule has 0 heterocycles. The molecule has 1 aromatic carbocycles. The van der Waals surface area contributed by atoms with Crippen LogP contribution in [0.3, 0.4) is 0 Å². The lowest BCUT2D eigenvalue weighted by Crippen LogP contribution is -2.43. The third-order valence-corrected chi connectivity index (χ3v) is 3.14. The second-order valence-electron chi connectivity index (χ2n) is 5.62. The van der Waals surface area contributed by atoms with Crippen molar-refractivity contribution in [2.45, 2.75) is 46.1 Å². The molecule has 1 rings (SSSR count). The molecule has 0 spiro atoms. The van der Waals surface area contributed by atoms with Crippen molar-refractivity contribution in [3.8, 4) is 11.8 Å². The first-order chi connectivity index (χ1) is 9.39. The van der Waals surface area contributed by atoms with Gasteiger partial charge in [-0.2, -0.15) is 0 Å². The predicted molar refractivity (Wildman–Crippen MR) is 83.6 cm³/mol. The van der Waals surface area contributed by atoms with Crippen LogP contribution in [0, 0.1) is 18.8 Å². The van der Waals surface area contributed by atoms with Gasteiger partial charge < -0.3 is 11.1 Å². The van der Waals surface area contributed by atoms with Gasteiger partial charge in [0.2, 0.25) is 0 Å². The minimum atomic E-state index is -0.183. The van der Waals surface area contributed by atoms with E-state index in [-0.39, 0.29) is 11.4 Å². The van der Waals surface area contributed by atoms with Gasteiger partial charge in [0.05, 0.1) is 6.54 Å². The van der Waals surface area contributed by atoms with Crippen LogP contribution in [0.5, 0.6) is 0 Å². The zero-order valence-corrected chi connectivity index (χ0v) is 12.8. The number of aryl methyl sites for hydroxylation is 1. The Kier molecular flexibility index (Phi) is 5.79. The molecule has 0 saturated carbocycles. The summed E-state index contributed by atoms with van der Waals surface area (Å²) in [5, 5.41) is 3.07. The third kappa shape index (κ3) is 4.71. The summed E-state index contributed by atoms with van der Waals surface area (Å²) >= 11 is 0. The second kappa shape index (κ2) is 7.12. The molecule has 3 heteroatoms. The van der Waals surface area contributed by atoms with Crippen molar-refractivity contribution in [1.29, 1.82) is 0 Å². The Hall–Kier alpha value is -1.79. The minimum absolute atomic E-state index is 0.0371. The van der Waals surface area contributed by atoms with Crippen molar-refractivity contribution in [3.05, 3.63) is 34.9 Å². The molecule has 0 aliphatic carbocycles. The van der Waals surface area contributed by atoms with Crippen LogP contribution in [0.4, 0.5) is 0 Å². The van der Waals surface area contributed by atoms with Crippen molar-refractivity contribution >= 4 is 5.91 Å². The maximum atomic E-state index is 12.2. The van der Waals surface area contributed by atoms with Gasteiger partial charge in [-0.05, 0) is 51.0 Å². The Labute approximate surface area is 121 Å². The molecule has 0 bridgehead atoms. The predicted octanol–water partition coefficient (Wildman–Crippen LogP) is 2.61. The Balaban J connectivity index is 2.88. The topological polar surface area (TPSA) is 55.1 Å². The number of hydrogen-bond acceptors (Lipinski definition) is 2. The fourth-order valence-electron chi connectivity index (χ4n) is 2.16. The van der Waals surface area contributed by atoms with E-state index in [1.807, 2.05) is 39.0 Å². The maximum Gasteiger partial charge on any atom is 0.251 e. The highest BCUT2D eigenvalue weighted by Gasteiger charge is 2.20. The zero-order valence-electron chi connectivity index (χ0n) is 12.8. The average Bonchev–Trinajstić information content (AvgIpc) is 2.36. The van der Waals surface area contributed by atoms with Gasteiger partial charge in [0.15, 0.2) is 0 Å². The molecule has 0 aliphatic rings. The second-order valence-corrected chi connectivity index (χ2v) is 5.62. The van der Waals surface area contributed by atoms with Crippen LogP contribution in [0.15, 0.2) is 18.2 Å². The highest BCUT2D eigenvalue weighted by atomic mass is 16.1. The fourth-order valence-corrected chi connectivity index (χ4v) is 2.16. The van der Waals surface area contributed by atoms with Gasteiger partial charge in [0, 0.05) is 16.7 Å². The first-order valence-corrected chi connectivity index (χ1v) is 7.01. The van der Waals surface area contributed by atoms with Gasteiger partial charge in [-0.1, -0.05) is 25.2 Å². The van der Waals surface area contributed by atoms with Gasteiger partial charge in [-0.25, -0.2) is 0 Å². The van der Waals surface area contributed by atoms with Crippen LogP contribution in [0.25, 0.3) is 0 Å². The normalized spacial score (nSPS) is 10.7. The van der Waals surface area contributed by atoms with Crippen LogP contribution in [-0.4, -0.2) is 18.0 Å². The number of carbonyl (C=O) groups excluding carboxylic acids is 1. The molecule has 1 amide bonds. The van der Waals surface area contributed by atoms with Crippen LogP contribution >= 0.6 is 0 Å². The number of nitrogens with one attached hydrogen (secondary N) is 1. The summed E-state index contributed by atoms with van der Waals surface area (Å²) in [5.41, 5.74) is 7.76. The molecule has 0 aliphatic heterocycles. The molecule has 108 valence electrons. The summed E-state index contributed by atoms with van der Waals surface area (Å²) in [6.07, 6.45) is 2.00. The van der Waals surface area contributed by atoms with Crippen molar-refractivity contribution in [2.24, 2.45) is 5.73 Å². The van der Waals surface area contributed by atoms with E-state index < -0.39 is 0 Å². The Bertz CT molecular complexity index is 536. The first kappa shape index (κ1) is 16.3. The molecule has 3 nitrogen and oxygen atoms in total. The van der Waals surface area contributed by atoms with E-state index >= 15 is 0 Å². The highest BCUT2D eigenvalue weighted by Crippen LogP contribution is 2.14. The SMILES string of the molecule is CCCC(C)(C)NC(=O)c1ccc(C#CCN)c(C)c1. The van der Waals surface area contributed by atoms with E-state index in [1.165, 1.54) is 0 Å². The molecular weight excluding hydrogens is 248 g/mol. The molecule has 3 N–H and O–H groups in total. The Morgan fingerprint density at radius 2 is 2.10 bits per heavy atom. The van der Waals surface area contributed by atoms with Gasteiger partial charge >= 0.3 is 0 Å².